The van der Waals surface area contributed by atoms with E-state index in [9.17, 15) is 14.7 Å². The summed E-state index contributed by atoms with van der Waals surface area (Å²) in [6.45, 7) is 1.69. The monoisotopic (exact) mass is 226 g/mol. The van der Waals surface area contributed by atoms with Gasteiger partial charge < -0.3 is 10.0 Å². The van der Waals surface area contributed by atoms with Crippen LogP contribution in [-0.4, -0.2) is 59.5 Å². The second-order valence-corrected chi connectivity index (χ2v) is 4.76. The first-order valence-corrected chi connectivity index (χ1v) is 5.80. The number of hydrogen-bond acceptors (Lipinski definition) is 3. The lowest BCUT2D eigenvalue weighted by molar-refractivity contribution is -0.145. The van der Waals surface area contributed by atoms with Crippen LogP contribution in [-0.2, 0) is 9.59 Å². The first-order chi connectivity index (χ1) is 7.59. The molecule has 1 saturated heterocycles. The smallest absolute Gasteiger partial charge is 0.321 e. The fraction of sp³-hybridized carbons (Fsp3) is 0.818. The van der Waals surface area contributed by atoms with Crippen molar-refractivity contribution in [3.8, 4) is 0 Å². The van der Waals surface area contributed by atoms with Gasteiger partial charge >= 0.3 is 5.97 Å². The molecule has 90 valence electrons. The van der Waals surface area contributed by atoms with Gasteiger partial charge in [-0.3, -0.25) is 14.5 Å². The maximum Gasteiger partial charge on any atom is 0.321 e. The van der Waals surface area contributed by atoms with Crippen molar-refractivity contribution in [2.75, 3.05) is 26.7 Å². The number of nitrogens with zero attached hydrogens (tertiary/aromatic N) is 2. The van der Waals surface area contributed by atoms with E-state index in [1.165, 1.54) is 0 Å². The van der Waals surface area contributed by atoms with Gasteiger partial charge in [0.2, 0.25) is 5.91 Å². The van der Waals surface area contributed by atoms with Crippen molar-refractivity contribution in [2.45, 2.75) is 25.3 Å². The Hall–Kier alpha value is -1.10. The highest BCUT2D eigenvalue weighted by molar-refractivity contribution is 5.80. The van der Waals surface area contributed by atoms with Crippen molar-refractivity contribution in [1.29, 1.82) is 0 Å². The van der Waals surface area contributed by atoms with Gasteiger partial charge in [-0.2, -0.15) is 0 Å². The minimum Gasteiger partial charge on any atom is -0.480 e. The lowest BCUT2D eigenvalue weighted by atomic mass is 10.1. The highest BCUT2D eigenvalue weighted by atomic mass is 16.4. The molecule has 0 spiro atoms. The van der Waals surface area contributed by atoms with Crippen LogP contribution < -0.4 is 0 Å². The summed E-state index contributed by atoms with van der Waals surface area (Å²) in [5.41, 5.74) is 0. The lowest BCUT2D eigenvalue weighted by Crippen LogP contribution is -2.46. The van der Waals surface area contributed by atoms with E-state index in [0.717, 1.165) is 25.8 Å². The fourth-order valence-corrected chi connectivity index (χ4v) is 2.31. The molecule has 5 nitrogen and oxygen atoms in total. The molecule has 1 atom stereocenters. The van der Waals surface area contributed by atoms with Crippen molar-refractivity contribution in [2.24, 2.45) is 5.92 Å². The molecule has 1 heterocycles. The number of amides is 1. The first-order valence-electron chi connectivity index (χ1n) is 5.80. The molecule has 1 aliphatic carbocycles. The van der Waals surface area contributed by atoms with Gasteiger partial charge in [-0.05, 0) is 25.2 Å². The van der Waals surface area contributed by atoms with E-state index in [4.69, 9.17) is 0 Å². The minimum atomic E-state index is -0.778. The van der Waals surface area contributed by atoms with Crippen molar-refractivity contribution in [3.05, 3.63) is 0 Å². The molecule has 5 heteroatoms. The highest BCUT2D eigenvalue weighted by Gasteiger charge is 2.41. The average Bonchev–Trinajstić information content (AvgIpc) is 3.00. The van der Waals surface area contributed by atoms with E-state index < -0.39 is 12.0 Å². The standard InChI is InChI=1S/C11H18N2O3/c1-12-5-2-6-13(7-9(12)14)10(11(15)16)8-3-4-8/h8,10H,2-7H2,1H3,(H,15,16). The number of likely N-dealkylation sites (N-methyl/N-ethyl adjacent to an activating group) is 1. The summed E-state index contributed by atoms with van der Waals surface area (Å²) in [6.07, 6.45) is 2.83. The maximum atomic E-state index is 11.7. The van der Waals surface area contributed by atoms with Gasteiger partial charge in [0, 0.05) is 20.1 Å². The third-order valence-corrected chi connectivity index (χ3v) is 3.42. The molecule has 1 unspecified atom stereocenters. The largest absolute Gasteiger partial charge is 0.480 e. The Bertz CT molecular complexity index is 302. The Morgan fingerprint density at radius 1 is 1.44 bits per heavy atom. The van der Waals surface area contributed by atoms with Crippen LogP contribution in [0.4, 0.5) is 0 Å². The first kappa shape index (κ1) is 11.4. The number of carbonyl (C=O) groups excluding carboxylic acids is 1. The number of carboxylic acid groups (broad SMARTS) is 1. The van der Waals surface area contributed by atoms with Crippen LogP contribution >= 0.6 is 0 Å². The van der Waals surface area contributed by atoms with Crippen molar-refractivity contribution >= 4 is 11.9 Å². The summed E-state index contributed by atoms with van der Waals surface area (Å²) in [7, 11) is 1.78. The van der Waals surface area contributed by atoms with Gasteiger partial charge in [0.25, 0.3) is 0 Å². The Kier molecular flexibility index (Phi) is 3.14. The van der Waals surface area contributed by atoms with E-state index in [1.807, 2.05) is 4.90 Å². The summed E-state index contributed by atoms with van der Waals surface area (Å²) < 4.78 is 0. The molecular formula is C11H18N2O3. The molecule has 2 fully saturated rings. The zero-order valence-corrected chi connectivity index (χ0v) is 9.56. The SMILES string of the molecule is CN1CCCN(C(C(=O)O)C2CC2)CC1=O. The molecule has 0 radical (unpaired) electrons. The second-order valence-electron chi connectivity index (χ2n) is 4.76. The quantitative estimate of drug-likeness (QED) is 0.736. The summed E-state index contributed by atoms with van der Waals surface area (Å²) in [5, 5.41) is 9.21. The zero-order valence-electron chi connectivity index (χ0n) is 9.56. The van der Waals surface area contributed by atoms with Crippen LogP contribution in [0.3, 0.4) is 0 Å². The van der Waals surface area contributed by atoms with Gasteiger partial charge in [-0.1, -0.05) is 0 Å². The normalized spacial score (nSPS) is 25.3. The van der Waals surface area contributed by atoms with E-state index in [2.05, 4.69) is 0 Å². The molecule has 0 bridgehead atoms. The minimum absolute atomic E-state index is 0.0319. The molecule has 0 aromatic rings. The summed E-state index contributed by atoms with van der Waals surface area (Å²) in [6, 6.07) is -0.449. The Morgan fingerprint density at radius 2 is 2.12 bits per heavy atom. The van der Waals surface area contributed by atoms with E-state index >= 15 is 0 Å². The topological polar surface area (TPSA) is 60.9 Å². The average molecular weight is 226 g/mol. The predicted molar refractivity (Wildman–Crippen MR) is 58.0 cm³/mol. The highest BCUT2D eigenvalue weighted by Crippen LogP contribution is 2.35. The molecule has 2 aliphatic rings. The summed E-state index contributed by atoms with van der Waals surface area (Å²) in [4.78, 5) is 26.4. The third-order valence-electron chi connectivity index (χ3n) is 3.42. The molecule has 0 aromatic heterocycles. The molecule has 0 aromatic carbocycles. The van der Waals surface area contributed by atoms with Crippen LogP contribution in [0.25, 0.3) is 0 Å². The zero-order chi connectivity index (χ0) is 11.7. The molecule has 1 aliphatic heterocycles. The number of hydrogen-bond donors (Lipinski definition) is 1. The predicted octanol–water partition coefficient (Wildman–Crippen LogP) is 0.0137. The van der Waals surface area contributed by atoms with E-state index in [0.29, 0.717) is 6.54 Å². The van der Waals surface area contributed by atoms with Crippen LogP contribution in [0.1, 0.15) is 19.3 Å². The van der Waals surface area contributed by atoms with Crippen LogP contribution in [0, 0.1) is 5.92 Å². The number of carboxylic acids is 1. The Morgan fingerprint density at radius 3 is 2.69 bits per heavy atom. The second kappa shape index (κ2) is 4.41. The number of rotatable bonds is 3. The summed E-state index contributed by atoms with van der Waals surface area (Å²) >= 11 is 0. The molecular weight excluding hydrogens is 208 g/mol. The van der Waals surface area contributed by atoms with Crippen molar-refractivity contribution in [1.82, 2.24) is 9.80 Å². The fourth-order valence-electron chi connectivity index (χ4n) is 2.31. The molecule has 2 rings (SSSR count). The van der Waals surface area contributed by atoms with Crippen LogP contribution in [0.15, 0.2) is 0 Å². The Labute approximate surface area is 95.0 Å². The van der Waals surface area contributed by atoms with Crippen LogP contribution in [0.5, 0.6) is 0 Å². The van der Waals surface area contributed by atoms with Crippen molar-refractivity contribution < 1.29 is 14.7 Å². The third kappa shape index (κ3) is 2.35. The molecule has 1 N–H and O–H groups in total. The summed E-state index contributed by atoms with van der Waals surface area (Å²) in [5.74, 6) is -0.488. The van der Waals surface area contributed by atoms with Gasteiger partial charge in [0.1, 0.15) is 6.04 Å². The maximum absolute atomic E-state index is 11.7. The Balaban J connectivity index is 2.06. The number of aliphatic carboxylic acids is 1. The van der Waals surface area contributed by atoms with Gasteiger partial charge in [-0.25, -0.2) is 0 Å². The van der Waals surface area contributed by atoms with Crippen LogP contribution in [0.2, 0.25) is 0 Å². The molecule has 1 saturated carbocycles. The van der Waals surface area contributed by atoms with Gasteiger partial charge in [-0.15, -0.1) is 0 Å². The van der Waals surface area contributed by atoms with Gasteiger partial charge in [0.15, 0.2) is 0 Å². The van der Waals surface area contributed by atoms with Crippen molar-refractivity contribution in [3.63, 3.8) is 0 Å². The van der Waals surface area contributed by atoms with Gasteiger partial charge in [0.05, 0.1) is 6.54 Å². The molecule has 16 heavy (non-hydrogen) atoms. The lowest BCUT2D eigenvalue weighted by Gasteiger charge is -2.26. The molecule has 1 amide bonds. The van der Waals surface area contributed by atoms with E-state index in [-0.39, 0.29) is 18.4 Å². The number of carbonyl (C=O) groups is 2. The van der Waals surface area contributed by atoms with E-state index in [1.54, 1.807) is 11.9 Å².